The Morgan fingerprint density at radius 1 is 0.362 bits per heavy atom. The molecule has 8 heteroatoms. The highest BCUT2D eigenvalue weighted by Gasteiger charge is 2.11. The number of ether oxygens (including phenoxy) is 2. The second kappa shape index (κ2) is 20.6. The zero-order chi connectivity index (χ0) is 40.4. The molecular weight excluding hydrogens is 725 g/mol. The van der Waals surface area contributed by atoms with Gasteiger partial charge in [0.25, 0.3) is 11.4 Å². The van der Waals surface area contributed by atoms with Crippen LogP contribution in [0.2, 0.25) is 0 Å². The van der Waals surface area contributed by atoms with Crippen molar-refractivity contribution in [2.75, 3.05) is 13.2 Å². The van der Waals surface area contributed by atoms with Gasteiger partial charge in [0.1, 0.15) is 22.6 Å². The SMILES string of the molecule is O=[N+]([O-])c1ccccc1C#Cc1ccccc1C#Cc1ccc(OCCCCCCOc2ccc(C#Cc3ccccc3C#Cc3ccccc3[N+](=O)[O-])cc2)cc1. The molecule has 0 amide bonds. The molecule has 0 spiro atoms. The molecule has 8 nitrogen and oxygen atoms in total. The van der Waals surface area contributed by atoms with Crippen molar-refractivity contribution in [1.29, 1.82) is 0 Å². The molecule has 0 aliphatic carbocycles. The summed E-state index contributed by atoms with van der Waals surface area (Å²) in [4.78, 5) is 21.8. The summed E-state index contributed by atoms with van der Waals surface area (Å²) in [7, 11) is 0. The van der Waals surface area contributed by atoms with Crippen LogP contribution in [0.3, 0.4) is 0 Å². The van der Waals surface area contributed by atoms with Crippen LogP contribution < -0.4 is 9.47 Å². The fourth-order valence-corrected chi connectivity index (χ4v) is 5.63. The summed E-state index contributed by atoms with van der Waals surface area (Å²) >= 11 is 0. The van der Waals surface area contributed by atoms with E-state index in [0.29, 0.717) is 35.5 Å². The molecule has 0 N–H and O–H groups in total. The first kappa shape index (κ1) is 39.6. The summed E-state index contributed by atoms with van der Waals surface area (Å²) in [6, 6.07) is 43.1. The fraction of sp³-hybridized carbons (Fsp3) is 0.120. The number of nitro benzene ring substituents is 2. The Bertz CT molecular complexity index is 2470. The zero-order valence-corrected chi connectivity index (χ0v) is 31.4. The van der Waals surface area contributed by atoms with Gasteiger partial charge in [-0.05, 0) is 111 Å². The third kappa shape index (κ3) is 11.7. The molecule has 0 unspecified atom stereocenters. The summed E-state index contributed by atoms with van der Waals surface area (Å²) < 4.78 is 11.9. The summed E-state index contributed by atoms with van der Waals surface area (Å²) in [5.41, 5.74) is 5.20. The molecular formula is C50H36N2O6. The second-order valence-electron chi connectivity index (χ2n) is 12.8. The van der Waals surface area contributed by atoms with Crippen LogP contribution in [0.25, 0.3) is 0 Å². The van der Waals surface area contributed by atoms with Crippen molar-refractivity contribution in [3.8, 4) is 58.9 Å². The maximum Gasteiger partial charge on any atom is 0.284 e. The van der Waals surface area contributed by atoms with Gasteiger partial charge in [0, 0.05) is 45.5 Å². The normalized spacial score (nSPS) is 9.86. The van der Waals surface area contributed by atoms with Gasteiger partial charge in [0.2, 0.25) is 0 Å². The Hall–Kier alpha value is -8.04. The zero-order valence-electron chi connectivity index (χ0n) is 31.4. The Labute approximate surface area is 337 Å². The van der Waals surface area contributed by atoms with Crippen LogP contribution in [-0.4, -0.2) is 23.1 Å². The van der Waals surface area contributed by atoms with Crippen molar-refractivity contribution in [2.24, 2.45) is 0 Å². The number of rotatable bonds is 11. The van der Waals surface area contributed by atoms with Gasteiger partial charge in [0.05, 0.1) is 23.1 Å². The van der Waals surface area contributed by atoms with Crippen LogP contribution in [0, 0.1) is 67.6 Å². The van der Waals surface area contributed by atoms with Gasteiger partial charge >= 0.3 is 0 Å². The predicted octanol–water partition coefficient (Wildman–Crippen LogP) is 10.1. The van der Waals surface area contributed by atoms with Crippen LogP contribution >= 0.6 is 0 Å². The molecule has 0 saturated heterocycles. The second-order valence-corrected chi connectivity index (χ2v) is 12.8. The minimum Gasteiger partial charge on any atom is -0.494 e. The third-order valence-corrected chi connectivity index (χ3v) is 8.69. The molecule has 0 atom stereocenters. The van der Waals surface area contributed by atoms with E-state index in [0.717, 1.165) is 59.4 Å². The first-order chi connectivity index (χ1) is 28.4. The van der Waals surface area contributed by atoms with E-state index in [1.807, 2.05) is 97.1 Å². The van der Waals surface area contributed by atoms with Gasteiger partial charge in [0.15, 0.2) is 0 Å². The van der Waals surface area contributed by atoms with Gasteiger partial charge in [-0.25, -0.2) is 0 Å². The molecule has 58 heavy (non-hydrogen) atoms. The fourth-order valence-electron chi connectivity index (χ4n) is 5.63. The maximum absolute atomic E-state index is 11.3. The van der Waals surface area contributed by atoms with Crippen molar-refractivity contribution >= 4 is 11.4 Å². The summed E-state index contributed by atoms with van der Waals surface area (Å²) in [5, 5.41) is 22.7. The van der Waals surface area contributed by atoms with Gasteiger partial charge in [-0.1, -0.05) is 95.9 Å². The van der Waals surface area contributed by atoms with Crippen molar-refractivity contribution in [3.63, 3.8) is 0 Å². The lowest BCUT2D eigenvalue weighted by atomic mass is 10.1. The monoisotopic (exact) mass is 760 g/mol. The number of nitro groups is 2. The number of unbranched alkanes of at least 4 members (excludes halogenated alkanes) is 3. The first-order valence-corrected chi connectivity index (χ1v) is 18.6. The molecule has 282 valence electrons. The molecule has 0 bridgehead atoms. The van der Waals surface area contributed by atoms with Gasteiger partial charge in [-0.2, -0.15) is 0 Å². The number of benzene rings is 6. The number of nitrogens with zero attached hydrogens (tertiary/aromatic N) is 2. The number of hydrogen-bond acceptors (Lipinski definition) is 6. The van der Waals surface area contributed by atoms with Gasteiger partial charge in [-0.3, -0.25) is 20.2 Å². The van der Waals surface area contributed by atoms with Gasteiger partial charge in [-0.15, -0.1) is 0 Å². The molecule has 0 aliphatic heterocycles. The van der Waals surface area contributed by atoms with E-state index >= 15 is 0 Å². The van der Waals surface area contributed by atoms with E-state index in [1.165, 1.54) is 12.1 Å². The van der Waals surface area contributed by atoms with E-state index in [2.05, 4.69) is 47.4 Å². The van der Waals surface area contributed by atoms with Crippen molar-refractivity contribution in [1.82, 2.24) is 0 Å². The van der Waals surface area contributed by atoms with Crippen LogP contribution in [0.1, 0.15) is 70.2 Å². The summed E-state index contributed by atoms with van der Waals surface area (Å²) in [5.74, 6) is 26.2. The molecule has 0 aromatic heterocycles. The summed E-state index contributed by atoms with van der Waals surface area (Å²) in [6.07, 6.45) is 3.91. The molecule has 0 aliphatic rings. The largest absolute Gasteiger partial charge is 0.494 e. The van der Waals surface area contributed by atoms with E-state index < -0.39 is 9.85 Å². The Morgan fingerprint density at radius 3 is 1.00 bits per heavy atom. The minimum atomic E-state index is -0.432. The molecule has 0 radical (unpaired) electrons. The third-order valence-electron chi connectivity index (χ3n) is 8.69. The van der Waals surface area contributed by atoms with Crippen molar-refractivity contribution < 1.29 is 19.3 Å². The van der Waals surface area contributed by atoms with E-state index in [1.54, 1.807) is 36.4 Å². The molecule has 6 aromatic carbocycles. The van der Waals surface area contributed by atoms with Crippen molar-refractivity contribution in [3.05, 3.63) is 210 Å². The standard InChI is InChI=1S/C50H36N2O6/c53-51(54)49-19-9-7-17-45(49)31-29-43-15-5-3-13-41(43)27-21-39-23-33-47(34-24-39)57-37-11-1-2-12-38-58-48-35-25-40(26-36-48)22-28-42-14-4-6-16-44(42)30-32-46-18-8-10-20-50(46)52(55)56/h3-10,13-20,23-26,33-36H,1-2,11-12,37-38H2. The quantitative estimate of drug-likeness (QED) is 0.0564. The minimum absolute atomic E-state index is 0.0262. The highest BCUT2D eigenvalue weighted by atomic mass is 16.6. The molecule has 0 saturated carbocycles. The Morgan fingerprint density at radius 2 is 0.655 bits per heavy atom. The molecule has 0 fully saturated rings. The average Bonchev–Trinajstić information content (AvgIpc) is 3.26. The molecule has 0 heterocycles. The summed E-state index contributed by atoms with van der Waals surface area (Å²) in [6.45, 7) is 1.24. The van der Waals surface area contributed by atoms with E-state index in [-0.39, 0.29) is 11.4 Å². The lowest BCUT2D eigenvalue weighted by molar-refractivity contribution is -0.385. The highest BCUT2D eigenvalue weighted by Crippen LogP contribution is 2.19. The van der Waals surface area contributed by atoms with Crippen LogP contribution in [0.5, 0.6) is 11.5 Å². The van der Waals surface area contributed by atoms with Crippen molar-refractivity contribution in [2.45, 2.75) is 25.7 Å². The smallest absolute Gasteiger partial charge is 0.284 e. The van der Waals surface area contributed by atoms with Crippen LogP contribution in [0.4, 0.5) is 11.4 Å². The highest BCUT2D eigenvalue weighted by molar-refractivity contribution is 5.59. The van der Waals surface area contributed by atoms with E-state index in [4.69, 9.17) is 9.47 Å². The van der Waals surface area contributed by atoms with Gasteiger partial charge < -0.3 is 9.47 Å². The lowest BCUT2D eigenvalue weighted by Crippen LogP contribution is -2.00. The van der Waals surface area contributed by atoms with Crippen LogP contribution in [-0.2, 0) is 0 Å². The van der Waals surface area contributed by atoms with E-state index in [9.17, 15) is 20.2 Å². The predicted molar refractivity (Wildman–Crippen MR) is 225 cm³/mol. The molecule has 6 aromatic rings. The molecule has 6 rings (SSSR count). The number of hydrogen-bond donors (Lipinski definition) is 0. The maximum atomic E-state index is 11.3. The Kier molecular flexibility index (Phi) is 14.1. The topological polar surface area (TPSA) is 105 Å². The Balaban J connectivity index is 0.900. The average molecular weight is 761 g/mol. The van der Waals surface area contributed by atoms with Crippen LogP contribution in [0.15, 0.2) is 146 Å². The lowest BCUT2D eigenvalue weighted by Gasteiger charge is -2.07. The first-order valence-electron chi connectivity index (χ1n) is 18.6. The number of para-hydroxylation sites is 2.